The summed E-state index contributed by atoms with van der Waals surface area (Å²) < 4.78 is 5.47. The summed E-state index contributed by atoms with van der Waals surface area (Å²) in [6.07, 6.45) is 5.40. The summed E-state index contributed by atoms with van der Waals surface area (Å²) in [4.78, 5) is 19.1. The Labute approximate surface area is 197 Å². The van der Waals surface area contributed by atoms with Crippen LogP contribution in [0.15, 0.2) is 29.3 Å². The van der Waals surface area contributed by atoms with Crippen molar-refractivity contribution in [3.8, 4) is 12.3 Å². The van der Waals surface area contributed by atoms with E-state index in [0.29, 0.717) is 23.6 Å². The van der Waals surface area contributed by atoms with E-state index in [4.69, 9.17) is 11.2 Å². The zero-order valence-electron chi connectivity index (χ0n) is 18.1. The molecule has 0 spiro atoms. The molecule has 1 aromatic rings. The molecule has 1 fully saturated rings. The van der Waals surface area contributed by atoms with Crippen LogP contribution in [-0.2, 0) is 9.53 Å². The highest BCUT2D eigenvalue weighted by atomic mass is 127. The number of nitrogens with one attached hydrogen (secondary N) is 3. The summed E-state index contributed by atoms with van der Waals surface area (Å²) in [6.45, 7) is 11.4. The largest absolute Gasteiger partial charge is 0.379 e. The van der Waals surface area contributed by atoms with Gasteiger partial charge in [0.05, 0.1) is 13.2 Å². The lowest BCUT2D eigenvalue weighted by molar-refractivity contribution is -0.114. The monoisotopic (exact) mass is 527 g/mol. The lowest BCUT2D eigenvalue weighted by Gasteiger charge is -2.37. The standard InChI is InChI=1S/C22H33N5O2.HI/c1-5-18-8-7-9-19(14-18)26-21(28)16-25-22(23-6-2)24-15-20(17(3)4)27-10-12-29-13-11-27;/h1,7-9,14,17,20H,6,10-13,15-16H2,2-4H3,(H,26,28)(H2,23,24,25);1H. The number of terminal acetylenes is 1. The quantitative estimate of drug-likeness (QED) is 0.209. The maximum atomic E-state index is 12.3. The molecule has 0 radical (unpaired) electrons. The van der Waals surface area contributed by atoms with Crippen LogP contribution in [-0.4, -0.2) is 68.7 Å². The summed E-state index contributed by atoms with van der Waals surface area (Å²) in [5.74, 6) is 3.50. The van der Waals surface area contributed by atoms with Gasteiger partial charge in [-0.2, -0.15) is 0 Å². The van der Waals surface area contributed by atoms with Crippen LogP contribution in [0.25, 0.3) is 0 Å². The third-order valence-electron chi connectivity index (χ3n) is 4.80. The van der Waals surface area contributed by atoms with Crippen molar-refractivity contribution in [2.24, 2.45) is 10.9 Å². The zero-order chi connectivity index (χ0) is 21.1. The van der Waals surface area contributed by atoms with Crippen LogP contribution in [0.4, 0.5) is 5.69 Å². The van der Waals surface area contributed by atoms with Gasteiger partial charge < -0.3 is 20.7 Å². The number of amides is 1. The van der Waals surface area contributed by atoms with Crippen molar-refractivity contribution in [3.63, 3.8) is 0 Å². The maximum absolute atomic E-state index is 12.3. The van der Waals surface area contributed by atoms with Crippen molar-refractivity contribution in [2.45, 2.75) is 26.8 Å². The molecule has 1 unspecified atom stereocenters. The first kappa shape index (κ1) is 26.2. The van der Waals surface area contributed by atoms with E-state index in [-0.39, 0.29) is 36.4 Å². The number of anilines is 1. The lowest BCUT2D eigenvalue weighted by atomic mass is 10.0. The van der Waals surface area contributed by atoms with E-state index in [1.54, 1.807) is 6.07 Å². The number of hydrogen-bond donors (Lipinski definition) is 3. The minimum absolute atomic E-state index is 0. The van der Waals surface area contributed by atoms with E-state index in [1.807, 2.05) is 25.1 Å². The van der Waals surface area contributed by atoms with Crippen LogP contribution in [0.1, 0.15) is 26.3 Å². The van der Waals surface area contributed by atoms with E-state index in [9.17, 15) is 4.79 Å². The SMILES string of the molecule is C#Cc1cccc(NC(=O)CN=C(NCC)NCC(C(C)C)N2CCOCC2)c1.I. The van der Waals surface area contributed by atoms with Crippen molar-refractivity contribution in [1.29, 1.82) is 0 Å². The number of aliphatic imine (C=N–C) groups is 1. The second kappa shape index (κ2) is 14.2. The smallest absolute Gasteiger partial charge is 0.246 e. The molecule has 1 amide bonds. The van der Waals surface area contributed by atoms with Gasteiger partial charge in [0, 0.05) is 43.5 Å². The number of nitrogens with zero attached hydrogens (tertiary/aromatic N) is 2. The highest BCUT2D eigenvalue weighted by molar-refractivity contribution is 14.0. The molecule has 0 aromatic heterocycles. The fourth-order valence-electron chi connectivity index (χ4n) is 3.28. The van der Waals surface area contributed by atoms with Gasteiger partial charge in [-0.15, -0.1) is 30.4 Å². The Kier molecular flexibility index (Phi) is 12.4. The molecule has 1 aromatic carbocycles. The summed E-state index contributed by atoms with van der Waals surface area (Å²) in [5, 5.41) is 9.42. The molecular weight excluding hydrogens is 493 g/mol. The molecule has 0 saturated carbocycles. The van der Waals surface area contributed by atoms with Crippen LogP contribution >= 0.6 is 24.0 Å². The highest BCUT2D eigenvalue weighted by Gasteiger charge is 2.23. The fourth-order valence-corrected chi connectivity index (χ4v) is 3.28. The Hall–Kier alpha value is -1.83. The molecule has 1 saturated heterocycles. The van der Waals surface area contributed by atoms with Gasteiger partial charge in [-0.25, -0.2) is 4.99 Å². The second-order valence-electron chi connectivity index (χ2n) is 7.31. The molecule has 0 aliphatic carbocycles. The van der Waals surface area contributed by atoms with Gasteiger partial charge in [-0.05, 0) is 31.0 Å². The van der Waals surface area contributed by atoms with Crippen LogP contribution in [0, 0.1) is 18.3 Å². The van der Waals surface area contributed by atoms with Gasteiger partial charge in [0.1, 0.15) is 6.54 Å². The summed E-state index contributed by atoms with van der Waals surface area (Å²) >= 11 is 0. The topological polar surface area (TPSA) is 78.0 Å². The normalized spacial score (nSPS) is 15.6. The minimum atomic E-state index is -0.190. The second-order valence-corrected chi connectivity index (χ2v) is 7.31. The number of guanidine groups is 1. The first-order valence-corrected chi connectivity index (χ1v) is 10.2. The van der Waals surface area contributed by atoms with Crippen molar-refractivity contribution in [3.05, 3.63) is 29.8 Å². The highest BCUT2D eigenvalue weighted by Crippen LogP contribution is 2.12. The van der Waals surface area contributed by atoms with E-state index in [2.05, 4.69) is 45.6 Å². The predicted octanol–water partition coefficient (Wildman–Crippen LogP) is 2.14. The van der Waals surface area contributed by atoms with E-state index in [0.717, 1.165) is 45.0 Å². The molecule has 8 heteroatoms. The molecule has 2 rings (SSSR count). The van der Waals surface area contributed by atoms with Crippen molar-refractivity contribution >= 4 is 41.5 Å². The molecule has 7 nitrogen and oxygen atoms in total. The van der Waals surface area contributed by atoms with Gasteiger partial charge in [0.15, 0.2) is 5.96 Å². The third kappa shape index (κ3) is 8.90. The average molecular weight is 527 g/mol. The first-order valence-electron chi connectivity index (χ1n) is 10.2. The zero-order valence-corrected chi connectivity index (χ0v) is 20.4. The Balaban J connectivity index is 0.00000450. The minimum Gasteiger partial charge on any atom is -0.379 e. The first-order chi connectivity index (χ1) is 14.0. The van der Waals surface area contributed by atoms with Crippen molar-refractivity contribution < 1.29 is 9.53 Å². The van der Waals surface area contributed by atoms with Gasteiger partial charge >= 0.3 is 0 Å². The summed E-state index contributed by atoms with van der Waals surface area (Å²) in [6, 6.07) is 7.59. The Morgan fingerprint density at radius 3 is 2.67 bits per heavy atom. The molecular formula is C22H34IN5O2. The molecule has 1 aliphatic rings. The summed E-state index contributed by atoms with van der Waals surface area (Å²) in [7, 11) is 0. The molecule has 1 aliphatic heterocycles. The number of halogens is 1. The van der Waals surface area contributed by atoms with Gasteiger partial charge in [0.2, 0.25) is 5.91 Å². The number of morpholine rings is 1. The van der Waals surface area contributed by atoms with E-state index in [1.165, 1.54) is 0 Å². The molecule has 1 atom stereocenters. The average Bonchev–Trinajstić information content (AvgIpc) is 2.72. The van der Waals surface area contributed by atoms with Crippen molar-refractivity contribution in [1.82, 2.24) is 15.5 Å². The van der Waals surface area contributed by atoms with E-state index < -0.39 is 0 Å². The van der Waals surface area contributed by atoms with Crippen LogP contribution in [0.5, 0.6) is 0 Å². The van der Waals surface area contributed by atoms with Gasteiger partial charge in [-0.3, -0.25) is 9.69 Å². The molecule has 0 bridgehead atoms. The van der Waals surface area contributed by atoms with Crippen LogP contribution < -0.4 is 16.0 Å². The van der Waals surface area contributed by atoms with Crippen LogP contribution in [0.2, 0.25) is 0 Å². The number of ether oxygens (including phenoxy) is 1. The van der Waals surface area contributed by atoms with Crippen molar-refractivity contribution in [2.75, 3.05) is 51.3 Å². The number of carbonyl (C=O) groups is 1. The Bertz CT molecular complexity index is 726. The number of hydrogen-bond acceptors (Lipinski definition) is 4. The summed E-state index contributed by atoms with van der Waals surface area (Å²) in [5.41, 5.74) is 1.40. The Morgan fingerprint density at radius 1 is 1.30 bits per heavy atom. The lowest BCUT2D eigenvalue weighted by Crippen LogP contribution is -2.52. The van der Waals surface area contributed by atoms with E-state index >= 15 is 0 Å². The fraction of sp³-hybridized carbons (Fsp3) is 0.545. The van der Waals surface area contributed by atoms with Gasteiger partial charge in [-0.1, -0.05) is 25.8 Å². The number of carbonyl (C=O) groups excluding carboxylic acids is 1. The Morgan fingerprint density at radius 2 is 2.03 bits per heavy atom. The van der Waals surface area contributed by atoms with Gasteiger partial charge in [0.25, 0.3) is 0 Å². The molecule has 30 heavy (non-hydrogen) atoms. The molecule has 3 N–H and O–H groups in total. The molecule has 1 heterocycles. The predicted molar refractivity (Wildman–Crippen MR) is 133 cm³/mol. The number of rotatable bonds is 8. The van der Waals surface area contributed by atoms with Crippen LogP contribution in [0.3, 0.4) is 0 Å². The maximum Gasteiger partial charge on any atom is 0.246 e. The number of benzene rings is 1. The third-order valence-corrected chi connectivity index (χ3v) is 4.80. The molecule has 166 valence electrons.